The predicted molar refractivity (Wildman–Crippen MR) is 86.4 cm³/mol. The summed E-state index contributed by atoms with van der Waals surface area (Å²) in [6.07, 6.45) is 5.70. The van der Waals surface area contributed by atoms with Crippen LogP contribution in [-0.2, 0) is 10.2 Å². The number of hydrogen-bond acceptors (Lipinski definition) is 2. The van der Waals surface area contributed by atoms with Gasteiger partial charge in [-0.3, -0.25) is 4.79 Å². The molecule has 1 heterocycles. The fraction of sp³-hybridized carbons (Fsp3) is 0.611. The fourth-order valence-electron chi connectivity index (χ4n) is 4.12. The van der Waals surface area contributed by atoms with Gasteiger partial charge < -0.3 is 10.6 Å². The first-order valence-corrected chi connectivity index (χ1v) is 8.20. The van der Waals surface area contributed by atoms with Crippen LogP contribution in [0.4, 0.5) is 5.69 Å². The van der Waals surface area contributed by atoms with Gasteiger partial charge in [0.15, 0.2) is 0 Å². The summed E-state index contributed by atoms with van der Waals surface area (Å²) in [4.78, 5) is 14.8. The molecule has 21 heavy (non-hydrogen) atoms. The summed E-state index contributed by atoms with van der Waals surface area (Å²) < 4.78 is 0. The van der Waals surface area contributed by atoms with Crippen LogP contribution in [0.3, 0.4) is 0 Å². The molecule has 1 saturated carbocycles. The van der Waals surface area contributed by atoms with E-state index >= 15 is 0 Å². The maximum absolute atomic E-state index is 12.8. The van der Waals surface area contributed by atoms with Gasteiger partial charge in [0.1, 0.15) is 0 Å². The molecule has 1 aliphatic heterocycles. The van der Waals surface area contributed by atoms with Crippen molar-refractivity contribution in [3.05, 3.63) is 29.8 Å². The van der Waals surface area contributed by atoms with Crippen LogP contribution in [0.25, 0.3) is 0 Å². The number of nitrogens with two attached hydrogens (primary N) is 1. The average molecular weight is 286 g/mol. The van der Waals surface area contributed by atoms with E-state index in [2.05, 4.69) is 32.0 Å². The Kier molecular flexibility index (Phi) is 3.78. The highest BCUT2D eigenvalue weighted by Crippen LogP contribution is 2.50. The molecule has 1 atom stereocenters. The molecule has 3 nitrogen and oxygen atoms in total. The van der Waals surface area contributed by atoms with Crippen molar-refractivity contribution >= 4 is 11.6 Å². The summed E-state index contributed by atoms with van der Waals surface area (Å²) in [6, 6.07) is 8.04. The van der Waals surface area contributed by atoms with Gasteiger partial charge in [-0.2, -0.15) is 0 Å². The predicted octanol–water partition coefficient (Wildman–Crippen LogP) is 3.22. The number of rotatable bonds is 3. The molecule has 0 aromatic heterocycles. The average Bonchev–Trinajstić information content (AvgIpc) is 3.05. The molecule has 1 fully saturated rings. The molecule has 2 aliphatic rings. The summed E-state index contributed by atoms with van der Waals surface area (Å²) in [5.41, 5.74) is 8.82. The number of fused-ring (bicyclic) bond motifs is 2. The monoisotopic (exact) mass is 286 g/mol. The second-order valence-electron chi connectivity index (χ2n) is 7.17. The minimum absolute atomic E-state index is 0.0972. The third kappa shape index (κ3) is 2.48. The van der Waals surface area contributed by atoms with Crippen LogP contribution in [0.1, 0.15) is 51.5 Å². The molecule has 1 spiro atoms. The number of anilines is 1. The third-order valence-corrected chi connectivity index (χ3v) is 5.10. The van der Waals surface area contributed by atoms with Crippen molar-refractivity contribution in [3.8, 4) is 0 Å². The lowest BCUT2D eigenvalue weighted by atomic mass is 9.81. The Morgan fingerprint density at radius 1 is 1.29 bits per heavy atom. The number of hydrogen-bond donors (Lipinski definition) is 1. The molecule has 0 bridgehead atoms. The van der Waals surface area contributed by atoms with Crippen LogP contribution in [-0.4, -0.2) is 18.5 Å². The zero-order chi connectivity index (χ0) is 15.0. The zero-order valence-corrected chi connectivity index (χ0v) is 13.1. The van der Waals surface area contributed by atoms with Crippen molar-refractivity contribution in [3.63, 3.8) is 0 Å². The minimum atomic E-state index is -0.380. The van der Waals surface area contributed by atoms with Gasteiger partial charge in [0.2, 0.25) is 5.91 Å². The van der Waals surface area contributed by atoms with Crippen molar-refractivity contribution < 1.29 is 4.79 Å². The highest BCUT2D eigenvalue weighted by atomic mass is 16.2. The molecule has 2 N–H and O–H groups in total. The smallest absolute Gasteiger partial charge is 0.243 e. The first-order valence-electron chi connectivity index (χ1n) is 8.20. The van der Waals surface area contributed by atoms with Gasteiger partial charge in [-0.25, -0.2) is 0 Å². The van der Waals surface area contributed by atoms with Crippen molar-refractivity contribution in [1.29, 1.82) is 0 Å². The molecule has 1 aliphatic carbocycles. The van der Waals surface area contributed by atoms with Crippen LogP contribution >= 0.6 is 0 Å². The molecule has 3 rings (SSSR count). The topological polar surface area (TPSA) is 46.3 Å². The van der Waals surface area contributed by atoms with Crippen LogP contribution in [0.5, 0.6) is 0 Å². The lowest BCUT2D eigenvalue weighted by molar-refractivity contribution is -0.120. The number of carbonyl (C=O) groups excluding carboxylic acids is 1. The summed E-state index contributed by atoms with van der Waals surface area (Å²) in [7, 11) is 0. The van der Waals surface area contributed by atoms with Gasteiger partial charge in [-0.05, 0) is 36.8 Å². The Labute approximate surface area is 127 Å². The number of amides is 1. The van der Waals surface area contributed by atoms with E-state index in [4.69, 9.17) is 5.73 Å². The Bertz CT molecular complexity index is 532. The van der Waals surface area contributed by atoms with Crippen LogP contribution in [0, 0.1) is 5.92 Å². The summed E-state index contributed by atoms with van der Waals surface area (Å²) >= 11 is 0. The molecular formula is C18H26N2O. The number of para-hydroxylation sites is 1. The van der Waals surface area contributed by atoms with E-state index in [-0.39, 0.29) is 17.4 Å². The molecule has 0 saturated heterocycles. The zero-order valence-electron chi connectivity index (χ0n) is 13.1. The first kappa shape index (κ1) is 14.6. The molecule has 1 aromatic carbocycles. The maximum atomic E-state index is 12.8. The molecule has 0 unspecified atom stereocenters. The lowest BCUT2D eigenvalue weighted by Crippen LogP contribution is -2.45. The van der Waals surface area contributed by atoms with E-state index in [1.54, 1.807) is 0 Å². The molecule has 114 valence electrons. The van der Waals surface area contributed by atoms with E-state index < -0.39 is 0 Å². The van der Waals surface area contributed by atoms with Crippen molar-refractivity contribution in [2.24, 2.45) is 11.7 Å². The molecule has 1 aromatic rings. The summed E-state index contributed by atoms with van der Waals surface area (Å²) in [5.74, 6) is 0.544. The SMILES string of the molecule is CC(C)C[C@H](N)C(=O)N1CC2(CCCC2)c2ccccc21. The second-order valence-corrected chi connectivity index (χ2v) is 7.17. The van der Waals surface area contributed by atoms with Crippen LogP contribution in [0.2, 0.25) is 0 Å². The van der Waals surface area contributed by atoms with Gasteiger partial charge in [-0.15, -0.1) is 0 Å². The Balaban J connectivity index is 1.89. The van der Waals surface area contributed by atoms with Gasteiger partial charge >= 0.3 is 0 Å². The molecular weight excluding hydrogens is 260 g/mol. The Morgan fingerprint density at radius 2 is 1.95 bits per heavy atom. The number of nitrogens with zero attached hydrogens (tertiary/aromatic N) is 1. The van der Waals surface area contributed by atoms with Crippen LogP contribution in [0.15, 0.2) is 24.3 Å². The largest absolute Gasteiger partial charge is 0.320 e. The Hall–Kier alpha value is -1.35. The van der Waals surface area contributed by atoms with Gasteiger partial charge in [0.05, 0.1) is 6.04 Å². The quantitative estimate of drug-likeness (QED) is 0.927. The van der Waals surface area contributed by atoms with E-state index in [0.717, 1.165) is 18.7 Å². The maximum Gasteiger partial charge on any atom is 0.243 e. The summed E-state index contributed by atoms with van der Waals surface area (Å²) in [6.45, 7) is 5.06. The third-order valence-electron chi connectivity index (χ3n) is 5.10. The normalized spacial score (nSPS) is 21.0. The van der Waals surface area contributed by atoms with Crippen molar-refractivity contribution in [2.45, 2.75) is 57.4 Å². The second kappa shape index (κ2) is 5.45. The standard InChI is InChI=1S/C18H26N2O/c1-13(2)11-15(19)17(21)20-12-18(9-5-6-10-18)14-7-3-4-8-16(14)20/h3-4,7-8,13,15H,5-6,9-12,19H2,1-2H3/t15-/m0/s1. The number of carbonyl (C=O) groups is 1. The van der Waals surface area contributed by atoms with E-state index in [1.165, 1.54) is 31.2 Å². The molecule has 1 amide bonds. The lowest BCUT2D eigenvalue weighted by Gasteiger charge is -2.26. The van der Waals surface area contributed by atoms with Gasteiger partial charge in [0, 0.05) is 17.6 Å². The van der Waals surface area contributed by atoms with Gasteiger partial charge in [-0.1, -0.05) is 44.9 Å². The first-order chi connectivity index (χ1) is 10.0. The van der Waals surface area contributed by atoms with E-state index in [0.29, 0.717) is 5.92 Å². The Morgan fingerprint density at radius 3 is 2.62 bits per heavy atom. The minimum Gasteiger partial charge on any atom is -0.320 e. The van der Waals surface area contributed by atoms with Crippen LogP contribution < -0.4 is 10.6 Å². The molecule has 0 radical (unpaired) electrons. The highest BCUT2D eigenvalue weighted by Gasteiger charge is 2.46. The fourth-order valence-corrected chi connectivity index (χ4v) is 4.12. The molecule has 3 heteroatoms. The van der Waals surface area contributed by atoms with Gasteiger partial charge in [0.25, 0.3) is 0 Å². The number of benzene rings is 1. The van der Waals surface area contributed by atoms with Crippen molar-refractivity contribution in [2.75, 3.05) is 11.4 Å². The van der Waals surface area contributed by atoms with E-state index in [1.807, 2.05) is 11.0 Å². The van der Waals surface area contributed by atoms with Crippen molar-refractivity contribution in [1.82, 2.24) is 0 Å². The highest BCUT2D eigenvalue weighted by molar-refractivity contribution is 5.99. The van der Waals surface area contributed by atoms with E-state index in [9.17, 15) is 4.79 Å². The summed E-state index contributed by atoms with van der Waals surface area (Å²) in [5, 5.41) is 0.